The van der Waals surface area contributed by atoms with Gasteiger partial charge in [-0.3, -0.25) is 4.79 Å². The van der Waals surface area contributed by atoms with E-state index >= 15 is 0 Å². The largest absolute Gasteiger partial charge is 0.480 e. The maximum absolute atomic E-state index is 11.1. The first kappa shape index (κ1) is 15.7. The van der Waals surface area contributed by atoms with Crippen molar-refractivity contribution < 1.29 is 15.0 Å². The minimum absolute atomic E-state index is 0.243. The summed E-state index contributed by atoms with van der Waals surface area (Å²) in [4.78, 5) is 11.1. The number of hydrogen-bond donors (Lipinski definition) is 3. The van der Waals surface area contributed by atoms with E-state index in [4.69, 9.17) is 5.11 Å². The molecule has 19 heavy (non-hydrogen) atoms. The normalized spacial score (nSPS) is 14.4. The van der Waals surface area contributed by atoms with E-state index in [9.17, 15) is 9.90 Å². The zero-order valence-corrected chi connectivity index (χ0v) is 11.8. The fourth-order valence-corrected chi connectivity index (χ4v) is 1.90. The minimum atomic E-state index is -0.871. The number of carboxylic acids is 1. The van der Waals surface area contributed by atoms with Gasteiger partial charge >= 0.3 is 5.97 Å². The van der Waals surface area contributed by atoms with Crippen LogP contribution in [-0.4, -0.2) is 28.8 Å². The molecule has 3 N–H and O–H groups in total. The van der Waals surface area contributed by atoms with E-state index < -0.39 is 18.1 Å². The smallest absolute Gasteiger partial charge is 0.320 e. The van der Waals surface area contributed by atoms with Gasteiger partial charge in [-0.25, -0.2) is 0 Å². The molecular formula is C15H23NO3. The molecule has 106 valence electrons. The summed E-state index contributed by atoms with van der Waals surface area (Å²) in [7, 11) is 0. The van der Waals surface area contributed by atoms with Crippen LogP contribution >= 0.6 is 0 Å². The van der Waals surface area contributed by atoms with Gasteiger partial charge in [-0.2, -0.15) is 0 Å². The maximum Gasteiger partial charge on any atom is 0.320 e. The Bertz CT molecular complexity index is 400. The van der Waals surface area contributed by atoms with Crippen LogP contribution in [0.1, 0.15) is 37.5 Å². The third kappa shape index (κ3) is 5.41. The van der Waals surface area contributed by atoms with Crippen molar-refractivity contribution in [3.63, 3.8) is 0 Å². The van der Waals surface area contributed by atoms with Crippen LogP contribution < -0.4 is 5.32 Å². The Hall–Kier alpha value is -1.39. The number of rotatable bonds is 7. The van der Waals surface area contributed by atoms with Gasteiger partial charge in [0.2, 0.25) is 0 Å². The monoisotopic (exact) mass is 265 g/mol. The van der Waals surface area contributed by atoms with Crippen LogP contribution in [0.25, 0.3) is 0 Å². The summed E-state index contributed by atoms with van der Waals surface area (Å²) in [5.41, 5.74) is 1.93. The van der Waals surface area contributed by atoms with Gasteiger partial charge < -0.3 is 15.5 Å². The highest BCUT2D eigenvalue weighted by molar-refractivity contribution is 5.73. The molecule has 1 rings (SSSR count). The molecule has 1 aromatic rings. The number of aryl methyl sites for hydroxylation is 1. The van der Waals surface area contributed by atoms with Gasteiger partial charge in [0.15, 0.2) is 0 Å². The molecule has 0 fully saturated rings. The second-order valence-electron chi connectivity index (χ2n) is 5.36. The molecule has 0 radical (unpaired) electrons. The van der Waals surface area contributed by atoms with E-state index in [1.54, 1.807) is 0 Å². The summed E-state index contributed by atoms with van der Waals surface area (Å²) in [6.07, 6.45) is -0.134. The van der Waals surface area contributed by atoms with Crippen molar-refractivity contribution in [1.82, 2.24) is 5.32 Å². The summed E-state index contributed by atoms with van der Waals surface area (Å²) in [5, 5.41) is 22.0. The first-order valence-corrected chi connectivity index (χ1v) is 6.61. The molecule has 0 aromatic heterocycles. The molecular weight excluding hydrogens is 242 g/mol. The third-order valence-corrected chi connectivity index (χ3v) is 3.02. The van der Waals surface area contributed by atoms with Crippen molar-refractivity contribution in [2.45, 2.75) is 39.3 Å². The van der Waals surface area contributed by atoms with E-state index in [1.165, 1.54) is 0 Å². The van der Waals surface area contributed by atoms with Gasteiger partial charge in [-0.15, -0.1) is 0 Å². The number of aliphatic hydroxyl groups is 1. The predicted octanol–water partition coefficient (Wildman–Crippen LogP) is 2.12. The Morgan fingerprint density at radius 3 is 2.32 bits per heavy atom. The van der Waals surface area contributed by atoms with Crippen LogP contribution in [-0.2, 0) is 4.79 Å². The maximum atomic E-state index is 11.1. The Kier molecular flexibility index (Phi) is 5.99. The van der Waals surface area contributed by atoms with Crippen LogP contribution in [0.3, 0.4) is 0 Å². The van der Waals surface area contributed by atoms with Gasteiger partial charge in [0.1, 0.15) is 6.04 Å². The molecule has 1 aromatic carbocycles. The quantitative estimate of drug-likeness (QED) is 0.706. The van der Waals surface area contributed by atoms with Crippen LogP contribution in [0.4, 0.5) is 0 Å². The van der Waals surface area contributed by atoms with Gasteiger partial charge in [0.25, 0.3) is 0 Å². The molecule has 0 aliphatic rings. The Morgan fingerprint density at radius 2 is 1.84 bits per heavy atom. The fraction of sp³-hybridized carbons (Fsp3) is 0.533. The molecule has 0 spiro atoms. The molecule has 2 unspecified atom stereocenters. The van der Waals surface area contributed by atoms with Crippen LogP contribution in [0, 0.1) is 12.8 Å². The number of carbonyl (C=O) groups is 1. The number of aliphatic hydroxyl groups excluding tert-OH is 1. The lowest BCUT2D eigenvalue weighted by atomic mass is 10.0. The highest BCUT2D eigenvalue weighted by Gasteiger charge is 2.19. The third-order valence-electron chi connectivity index (χ3n) is 3.02. The highest BCUT2D eigenvalue weighted by atomic mass is 16.4. The number of carboxylic acid groups (broad SMARTS) is 1. The molecule has 0 aliphatic carbocycles. The van der Waals surface area contributed by atoms with Crippen molar-refractivity contribution in [3.8, 4) is 0 Å². The average molecular weight is 265 g/mol. The molecule has 0 bridgehead atoms. The summed E-state index contributed by atoms with van der Waals surface area (Å²) < 4.78 is 0. The topological polar surface area (TPSA) is 69.6 Å². The predicted molar refractivity (Wildman–Crippen MR) is 75.0 cm³/mol. The number of hydrogen-bond acceptors (Lipinski definition) is 3. The zero-order valence-electron chi connectivity index (χ0n) is 11.8. The lowest BCUT2D eigenvalue weighted by molar-refractivity contribution is -0.140. The molecule has 0 heterocycles. The molecule has 4 nitrogen and oxygen atoms in total. The summed E-state index contributed by atoms with van der Waals surface area (Å²) in [5.74, 6) is -0.574. The van der Waals surface area contributed by atoms with Crippen LogP contribution in [0.2, 0.25) is 0 Å². The first-order valence-electron chi connectivity index (χ1n) is 6.61. The number of benzene rings is 1. The van der Waals surface area contributed by atoms with E-state index in [2.05, 4.69) is 5.32 Å². The molecule has 0 saturated heterocycles. The lowest BCUT2D eigenvalue weighted by Crippen LogP contribution is -2.40. The molecule has 0 saturated carbocycles. The van der Waals surface area contributed by atoms with E-state index in [-0.39, 0.29) is 6.54 Å². The van der Waals surface area contributed by atoms with Crippen molar-refractivity contribution >= 4 is 5.97 Å². The van der Waals surface area contributed by atoms with Gasteiger partial charge in [-0.05, 0) is 24.8 Å². The zero-order chi connectivity index (χ0) is 14.4. The Labute approximate surface area is 114 Å². The summed E-state index contributed by atoms with van der Waals surface area (Å²) in [6, 6.07) is 6.97. The van der Waals surface area contributed by atoms with E-state index in [0.717, 1.165) is 11.1 Å². The summed E-state index contributed by atoms with van der Waals surface area (Å²) in [6.45, 7) is 6.19. The Balaban J connectivity index is 2.54. The number of aliphatic carboxylic acids is 1. The van der Waals surface area contributed by atoms with Gasteiger partial charge in [0.05, 0.1) is 6.10 Å². The fourth-order valence-electron chi connectivity index (χ4n) is 1.90. The van der Waals surface area contributed by atoms with Crippen molar-refractivity contribution in [2.24, 2.45) is 5.92 Å². The van der Waals surface area contributed by atoms with Gasteiger partial charge in [0, 0.05) is 6.54 Å². The van der Waals surface area contributed by atoms with Crippen molar-refractivity contribution in [3.05, 3.63) is 35.4 Å². The van der Waals surface area contributed by atoms with Crippen LogP contribution in [0.15, 0.2) is 24.3 Å². The van der Waals surface area contributed by atoms with Gasteiger partial charge in [-0.1, -0.05) is 43.7 Å². The number of nitrogens with one attached hydrogen (secondary N) is 1. The van der Waals surface area contributed by atoms with Crippen LogP contribution in [0.5, 0.6) is 0 Å². The molecule has 0 amide bonds. The van der Waals surface area contributed by atoms with E-state index in [0.29, 0.717) is 12.3 Å². The average Bonchev–Trinajstić information content (AvgIpc) is 2.34. The highest BCUT2D eigenvalue weighted by Crippen LogP contribution is 2.13. The SMILES string of the molecule is Cc1ccc(C(O)CNC(CC(C)C)C(=O)O)cc1. The first-order chi connectivity index (χ1) is 8.90. The Morgan fingerprint density at radius 1 is 1.26 bits per heavy atom. The molecule has 4 heteroatoms. The second kappa shape index (κ2) is 7.26. The molecule has 0 aliphatic heterocycles. The minimum Gasteiger partial charge on any atom is -0.480 e. The lowest BCUT2D eigenvalue weighted by Gasteiger charge is -2.19. The van der Waals surface area contributed by atoms with Crippen molar-refractivity contribution in [2.75, 3.05) is 6.54 Å². The second-order valence-corrected chi connectivity index (χ2v) is 5.36. The standard InChI is InChI=1S/C15H23NO3/c1-10(2)8-13(15(18)19)16-9-14(17)12-6-4-11(3)5-7-12/h4-7,10,13-14,16-17H,8-9H2,1-3H3,(H,18,19). The van der Waals surface area contributed by atoms with Crippen molar-refractivity contribution in [1.29, 1.82) is 0 Å². The van der Waals surface area contributed by atoms with E-state index in [1.807, 2.05) is 45.0 Å². The summed E-state index contributed by atoms with van der Waals surface area (Å²) >= 11 is 0. The molecule has 2 atom stereocenters.